The molecule has 0 N–H and O–H groups in total. The Morgan fingerprint density at radius 1 is 0.652 bits per heavy atom. The Kier molecular flexibility index (Phi) is 6.73. The standard InChI is InChI=1S/C18H29F5/c19-17(20,18(21,22)23)13-5-4-6-14-9-11-16(12-10-14)15-7-2-1-3-8-15/h14-16H,1-13H2/t14-,16-. The highest BCUT2D eigenvalue weighted by Crippen LogP contribution is 2.42. The van der Waals surface area contributed by atoms with Crippen LogP contribution in [0, 0.1) is 17.8 Å². The van der Waals surface area contributed by atoms with Crippen LogP contribution in [-0.2, 0) is 0 Å². The highest BCUT2D eigenvalue weighted by atomic mass is 19.4. The van der Waals surface area contributed by atoms with Crippen LogP contribution in [0.25, 0.3) is 0 Å². The van der Waals surface area contributed by atoms with E-state index >= 15 is 0 Å². The predicted molar refractivity (Wildman–Crippen MR) is 81.5 cm³/mol. The quantitative estimate of drug-likeness (QED) is 0.356. The van der Waals surface area contributed by atoms with Crippen LogP contribution in [0.3, 0.4) is 0 Å². The summed E-state index contributed by atoms with van der Waals surface area (Å²) in [5, 5.41) is 0. The molecule has 136 valence electrons. The van der Waals surface area contributed by atoms with E-state index in [0.717, 1.165) is 31.1 Å². The minimum atomic E-state index is -5.40. The first-order valence-corrected chi connectivity index (χ1v) is 9.24. The molecule has 2 aliphatic rings. The van der Waals surface area contributed by atoms with Crippen molar-refractivity contribution in [1.82, 2.24) is 0 Å². The predicted octanol–water partition coefficient (Wildman–Crippen LogP) is 7.13. The van der Waals surface area contributed by atoms with Crippen LogP contribution in [0.5, 0.6) is 0 Å². The number of hydrogen-bond donors (Lipinski definition) is 0. The molecule has 0 saturated heterocycles. The van der Waals surface area contributed by atoms with Gasteiger partial charge < -0.3 is 0 Å². The van der Waals surface area contributed by atoms with Gasteiger partial charge in [-0.25, -0.2) is 0 Å². The molecule has 0 aliphatic heterocycles. The molecule has 0 nitrogen and oxygen atoms in total. The number of alkyl halides is 5. The van der Waals surface area contributed by atoms with Crippen LogP contribution in [0.4, 0.5) is 22.0 Å². The average molecular weight is 340 g/mol. The Morgan fingerprint density at radius 2 is 1.22 bits per heavy atom. The van der Waals surface area contributed by atoms with Crippen molar-refractivity contribution in [1.29, 1.82) is 0 Å². The summed E-state index contributed by atoms with van der Waals surface area (Å²) < 4.78 is 61.9. The lowest BCUT2D eigenvalue weighted by Gasteiger charge is -2.36. The van der Waals surface area contributed by atoms with Gasteiger partial charge in [0.1, 0.15) is 0 Å². The summed E-state index contributed by atoms with van der Waals surface area (Å²) >= 11 is 0. The summed E-state index contributed by atoms with van der Waals surface area (Å²) in [6.45, 7) is 0. The number of hydrogen-bond acceptors (Lipinski definition) is 0. The van der Waals surface area contributed by atoms with Crippen molar-refractivity contribution >= 4 is 0 Å². The summed E-state index contributed by atoms with van der Waals surface area (Å²) in [5.41, 5.74) is 0. The van der Waals surface area contributed by atoms with Gasteiger partial charge in [0, 0.05) is 6.42 Å². The van der Waals surface area contributed by atoms with Crippen LogP contribution in [0.15, 0.2) is 0 Å². The van der Waals surface area contributed by atoms with Gasteiger partial charge in [-0.15, -0.1) is 0 Å². The molecule has 0 unspecified atom stereocenters. The van der Waals surface area contributed by atoms with E-state index in [9.17, 15) is 22.0 Å². The summed E-state index contributed by atoms with van der Waals surface area (Å²) in [6, 6.07) is 0. The van der Waals surface area contributed by atoms with Gasteiger partial charge in [-0.1, -0.05) is 57.8 Å². The molecule has 0 radical (unpaired) electrons. The second-order valence-corrected chi connectivity index (χ2v) is 7.63. The SMILES string of the molecule is FC(F)(F)C(F)(F)CCCC[C@H]1CC[C@H](C2CCCCC2)CC1. The topological polar surface area (TPSA) is 0 Å². The molecule has 0 aromatic rings. The van der Waals surface area contributed by atoms with Crippen LogP contribution in [0.2, 0.25) is 0 Å². The zero-order valence-electron chi connectivity index (χ0n) is 13.8. The molecule has 5 heteroatoms. The first-order valence-electron chi connectivity index (χ1n) is 9.24. The summed E-state index contributed by atoms with van der Waals surface area (Å²) in [5.74, 6) is -2.27. The summed E-state index contributed by atoms with van der Waals surface area (Å²) in [7, 11) is 0. The van der Waals surface area contributed by atoms with E-state index in [-0.39, 0.29) is 6.42 Å². The molecule has 2 rings (SSSR count). The molecule has 0 atom stereocenters. The van der Waals surface area contributed by atoms with Crippen LogP contribution in [0.1, 0.15) is 83.5 Å². The second-order valence-electron chi connectivity index (χ2n) is 7.63. The highest BCUT2D eigenvalue weighted by molar-refractivity contribution is 4.80. The molecule has 2 fully saturated rings. The molecular formula is C18H29F5. The molecule has 0 amide bonds. The summed E-state index contributed by atoms with van der Waals surface area (Å²) in [6.07, 6.45) is 6.35. The largest absolute Gasteiger partial charge is 0.453 e. The van der Waals surface area contributed by atoms with E-state index in [0.29, 0.717) is 12.3 Å². The van der Waals surface area contributed by atoms with Gasteiger partial charge in [0.25, 0.3) is 0 Å². The lowest BCUT2D eigenvalue weighted by atomic mass is 9.70. The van der Waals surface area contributed by atoms with Crippen molar-refractivity contribution in [3.63, 3.8) is 0 Å². The van der Waals surface area contributed by atoms with E-state index in [4.69, 9.17) is 0 Å². The van der Waals surface area contributed by atoms with Crippen molar-refractivity contribution < 1.29 is 22.0 Å². The Morgan fingerprint density at radius 3 is 1.78 bits per heavy atom. The molecule has 0 aromatic carbocycles. The molecule has 2 saturated carbocycles. The van der Waals surface area contributed by atoms with Gasteiger partial charge in [0.05, 0.1) is 0 Å². The first-order chi connectivity index (χ1) is 10.8. The zero-order valence-corrected chi connectivity index (χ0v) is 13.8. The smallest absolute Gasteiger partial charge is 0.196 e. The molecule has 23 heavy (non-hydrogen) atoms. The molecule has 2 aliphatic carbocycles. The summed E-state index contributed by atoms with van der Waals surface area (Å²) in [4.78, 5) is 0. The normalized spacial score (nSPS) is 28.0. The molecule has 0 heterocycles. The van der Waals surface area contributed by atoms with Gasteiger partial charge in [0.15, 0.2) is 0 Å². The van der Waals surface area contributed by atoms with Crippen LogP contribution < -0.4 is 0 Å². The van der Waals surface area contributed by atoms with E-state index in [1.54, 1.807) is 0 Å². The minimum absolute atomic E-state index is 0.0327. The van der Waals surface area contributed by atoms with E-state index < -0.39 is 18.5 Å². The van der Waals surface area contributed by atoms with E-state index in [2.05, 4.69) is 0 Å². The van der Waals surface area contributed by atoms with E-state index in [1.165, 1.54) is 44.9 Å². The van der Waals surface area contributed by atoms with Crippen molar-refractivity contribution in [2.45, 2.75) is 95.6 Å². The first kappa shape index (κ1) is 19.0. The number of unbranched alkanes of at least 4 members (excludes halogenated alkanes) is 1. The van der Waals surface area contributed by atoms with Crippen molar-refractivity contribution in [2.24, 2.45) is 17.8 Å². The van der Waals surface area contributed by atoms with Crippen molar-refractivity contribution in [3.8, 4) is 0 Å². The van der Waals surface area contributed by atoms with Crippen LogP contribution >= 0.6 is 0 Å². The third-order valence-electron chi connectivity index (χ3n) is 5.98. The monoisotopic (exact) mass is 340 g/mol. The Hall–Kier alpha value is -0.350. The maximum Gasteiger partial charge on any atom is 0.453 e. The van der Waals surface area contributed by atoms with Gasteiger partial charge in [-0.05, 0) is 37.0 Å². The Balaban J connectivity index is 1.60. The van der Waals surface area contributed by atoms with Crippen LogP contribution in [-0.4, -0.2) is 12.1 Å². The molecule has 0 aromatic heterocycles. The number of halogens is 5. The fraction of sp³-hybridized carbons (Fsp3) is 1.00. The Bertz CT molecular complexity index is 336. The van der Waals surface area contributed by atoms with Crippen molar-refractivity contribution in [3.05, 3.63) is 0 Å². The Labute approximate surface area is 136 Å². The molecular weight excluding hydrogens is 311 g/mol. The van der Waals surface area contributed by atoms with E-state index in [1.807, 2.05) is 0 Å². The highest BCUT2D eigenvalue weighted by Gasteiger charge is 2.56. The number of rotatable bonds is 6. The third kappa shape index (κ3) is 5.60. The van der Waals surface area contributed by atoms with Gasteiger partial charge in [-0.3, -0.25) is 0 Å². The fourth-order valence-electron chi connectivity index (χ4n) is 4.48. The third-order valence-corrected chi connectivity index (χ3v) is 5.98. The van der Waals surface area contributed by atoms with Crippen molar-refractivity contribution in [2.75, 3.05) is 0 Å². The molecule has 0 spiro atoms. The lowest BCUT2D eigenvalue weighted by molar-refractivity contribution is -0.284. The minimum Gasteiger partial charge on any atom is -0.196 e. The fourth-order valence-corrected chi connectivity index (χ4v) is 4.48. The molecule has 0 bridgehead atoms. The average Bonchev–Trinajstić information content (AvgIpc) is 2.52. The maximum absolute atomic E-state index is 12.8. The maximum atomic E-state index is 12.8. The lowest BCUT2D eigenvalue weighted by Crippen LogP contribution is -2.36. The van der Waals surface area contributed by atoms with Gasteiger partial charge >= 0.3 is 12.1 Å². The zero-order chi connectivity index (χ0) is 16.9. The second kappa shape index (κ2) is 8.15. The van der Waals surface area contributed by atoms with Gasteiger partial charge in [-0.2, -0.15) is 22.0 Å². The van der Waals surface area contributed by atoms with Gasteiger partial charge in [0.2, 0.25) is 0 Å².